The molecule has 1 aromatic carbocycles. The van der Waals surface area contributed by atoms with E-state index in [9.17, 15) is 4.79 Å². The minimum Gasteiger partial charge on any atom is -0.497 e. The van der Waals surface area contributed by atoms with Crippen LogP contribution in [0.1, 0.15) is 24.5 Å². The molecule has 0 unspecified atom stereocenters. The molecule has 0 bridgehead atoms. The van der Waals surface area contributed by atoms with Gasteiger partial charge in [-0.25, -0.2) is 4.98 Å². The number of nitrogens with zero attached hydrogens (tertiary/aromatic N) is 5. The minimum atomic E-state index is 0.0825. The van der Waals surface area contributed by atoms with Crippen LogP contribution in [0.3, 0.4) is 0 Å². The van der Waals surface area contributed by atoms with Crippen LogP contribution in [0.15, 0.2) is 55.1 Å². The zero-order valence-corrected chi connectivity index (χ0v) is 16.3. The molecule has 8 heteroatoms. The second-order valence-electron chi connectivity index (χ2n) is 6.89. The molecular formula is C21H23N5O3. The van der Waals surface area contributed by atoms with Crippen molar-refractivity contribution in [3.8, 4) is 17.4 Å². The highest BCUT2D eigenvalue weighted by Crippen LogP contribution is 2.34. The van der Waals surface area contributed by atoms with Crippen LogP contribution in [0.2, 0.25) is 0 Å². The van der Waals surface area contributed by atoms with E-state index in [1.807, 2.05) is 35.2 Å². The van der Waals surface area contributed by atoms with Crippen LogP contribution in [0.25, 0.3) is 0 Å². The number of carbonyl (C=O) groups excluding carboxylic acids is 1. The Morgan fingerprint density at radius 2 is 1.90 bits per heavy atom. The van der Waals surface area contributed by atoms with Crippen molar-refractivity contribution < 1.29 is 14.3 Å². The molecule has 29 heavy (non-hydrogen) atoms. The first-order chi connectivity index (χ1) is 14.2. The number of hydrogen-bond acceptors (Lipinski definition) is 6. The number of piperidine rings is 1. The summed E-state index contributed by atoms with van der Waals surface area (Å²) in [7, 11) is 1.62. The quantitative estimate of drug-likeness (QED) is 0.640. The zero-order chi connectivity index (χ0) is 20.1. The number of methoxy groups -OCH3 is 1. The lowest BCUT2D eigenvalue weighted by molar-refractivity contribution is -0.133. The summed E-state index contributed by atoms with van der Waals surface area (Å²) in [6, 6.07) is 9.22. The van der Waals surface area contributed by atoms with Crippen LogP contribution < -0.4 is 9.47 Å². The first-order valence-electron chi connectivity index (χ1n) is 9.61. The van der Waals surface area contributed by atoms with Gasteiger partial charge in [-0.3, -0.25) is 14.5 Å². The number of carbonyl (C=O) groups is 1. The van der Waals surface area contributed by atoms with Crippen molar-refractivity contribution in [2.45, 2.75) is 25.3 Å². The van der Waals surface area contributed by atoms with Crippen LogP contribution in [-0.4, -0.2) is 50.8 Å². The van der Waals surface area contributed by atoms with E-state index < -0.39 is 0 Å². The predicted octanol–water partition coefficient (Wildman–Crippen LogP) is 2.88. The molecule has 0 radical (unpaired) electrons. The van der Waals surface area contributed by atoms with Gasteiger partial charge in [-0.15, -0.1) is 0 Å². The summed E-state index contributed by atoms with van der Waals surface area (Å²) in [5.74, 6) is 2.15. The molecule has 3 aromatic rings. The molecule has 1 aliphatic heterocycles. The molecule has 0 atom stereocenters. The molecule has 2 aromatic heterocycles. The van der Waals surface area contributed by atoms with Gasteiger partial charge in [-0.2, -0.15) is 5.10 Å². The smallest absolute Gasteiger partial charge is 0.244 e. The Balaban J connectivity index is 1.41. The fourth-order valence-corrected chi connectivity index (χ4v) is 3.51. The molecule has 3 heterocycles. The van der Waals surface area contributed by atoms with Crippen molar-refractivity contribution in [1.82, 2.24) is 24.6 Å². The van der Waals surface area contributed by atoms with Crippen LogP contribution in [-0.2, 0) is 11.3 Å². The van der Waals surface area contributed by atoms with E-state index in [2.05, 4.69) is 15.1 Å². The van der Waals surface area contributed by atoms with Crippen molar-refractivity contribution in [1.29, 1.82) is 0 Å². The Labute approximate surface area is 169 Å². The Bertz CT molecular complexity index is 952. The van der Waals surface area contributed by atoms with E-state index in [-0.39, 0.29) is 18.4 Å². The van der Waals surface area contributed by atoms with Crippen molar-refractivity contribution in [2.75, 3.05) is 20.2 Å². The van der Waals surface area contributed by atoms with Gasteiger partial charge in [-0.1, -0.05) is 6.07 Å². The standard InChI is InChI=1S/C21H23N5O3/c1-28-17-4-2-5-18(14-17)29-21-20(22-9-10-23-21)16-6-12-25(13-7-16)19(27)15-26-11-3-8-24-26/h2-5,8-11,14,16H,6-7,12-13,15H2,1H3. The molecular weight excluding hydrogens is 370 g/mol. The first kappa shape index (κ1) is 18.9. The van der Waals surface area contributed by atoms with Crippen molar-refractivity contribution in [2.24, 2.45) is 0 Å². The van der Waals surface area contributed by atoms with Crippen molar-refractivity contribution >= 4 is 5.91 Å². The molecule has 1 amide bonds. The van der Waals surface area contributed by atoms with Gasteiger partial charge in [0.2, 0.25) is 11.8 Å². The molecule has 1 fully saturated rings. The number of likely N-dealkylation sites (tertiary alicyclic amines) is 1. The van der Waals surface area contributed by atoms with Crippen LogP contribution >= 0.6 is 0 Å². The number of aromatic nitrogens is 4. The Morgan fingerprint density at radius 1 is 1.10 bits per heavy atom. The third-order valence-corrected chi connectivity index (χ3v) is 5.04. The predicted molar refractivity (Wildman–Crippen MR) is 106 cm³/mol. The van der Waals surface area contributed by atoms with Crippen LogP contribution in [0.5, 0.6) is 17.4 Å². The SMILES string of the molecule is COc1cccc(Oc2nccnc2C2CCN(C(=O)Cn3cccn3)CC2)c1. The second kappa shape index (κ2) is 8.72. The second-order valence-corrected chi connectivity index (χ2v) is 6.89. The van der Waals surface area contributed by atoms with Gasteiger partial charge in [0.15, 0.2) is 0 Å². The van der Waals surface area contributed by atoms with Gasteiger partial charge in [-0.05, 0) is 31.0 Å². The minimum absolute atomic E-state index is 0.0825. The van der Waals surface area contributed by atoms with E-state index in [4.69, 9.17) is 9.47 Å². The largest absolute Gasteiger partial charge is 0.497 e. The molecule has 1 saturated heterocycles. The lowest BCUT2D eigenvalue weighted by Crippen LogP contribution is -2.40. The number of benzene rings is 1. The van der Waals surface area contributed by atoms with E-state index in [1.165, 1.54) is 0 Å². The van der Waals surface area contributed by atoms with Crippen LogP contribution in [0.4, 0.5) is 0 Å². The number of ether oxygens (including phenoxy) is 2. The third-order valence-electron chi connectivity index (χ3n) is 5.04. The highest BCUT2D eigenvalue weighted by atomic mass is 16.5. The maximum absolute atomic E-state index is 12.5. The van der Waals surface area contributed by atoms with E-state index in [0.717, 1.165) is 24.3 Å². The highest BCUT2D eigenvalue weighted by Gasteiger charge is 2.27. The third kappa shape index (κ3) is 4.53. The number of amides is 1. The van der Waals surface area contributed by atoms with Crippen molar-refractivity contribution in [3.05, 3.63) is 60.8 Å². The fourth-order valence-electron chi connectivity index (χ4n) is 3.51. The molecule has 8 nitrogen and oxygen atoms in total. The van der Waals surface area contributed by atoms with Gasteiger partial charge in [0.25, 0.3) is 0 Å². The molecule has 0 aliphatic carbocycles. The van der Waals surface area contributed by atoms with Gasteiger partial charge >= 0.3 is 0 Å². The van der Waals surface area contributed by atoms with E-state index in [0.29, 0.717) is 24.7 Å². The van der Waals surface area contributed by atoms with Gasteiger partial charge in [0.05, 0.1) is 7.11 Å². The summed E-state index contributed by atoms with van der Waals surface area (Å²) in [4.78, 5) is 23.3. The zero-order valence-electron chi connectivity index (χ0n) is 16.3. The molecule has 4 rings (SSSR count). The van der Waals surface area contributed by atoms with Crippen molar-refractivity contribution in [3.63, 3.8) is 0 Å². The summed E-state index contributed by atoms with van der Waals surface area (Å²) in [5, 5.41) is 4.10. The lowest BCUT2D eigenvalue weighted by atomic mass is 9.93. The van der Waals surface area contributed by atoms with Gasteiger partial charge < -0.3 is 14.4 Å². The number of rotatable bonds is 6. The Hall–Kier alpha value is -3.42. The monoisotopic (exact) mass is 393 g/mol. The Kier molecular flexibility index (Phi) is 5.69. The fraction of sp³-hybridized carbons (Fsp3) is 0.333. The van der Waals surface area contributed by atoms with Crippen LogP contribution in [0, 0.1) is 0 Å². The molecule has 0 spiro atoms. The normalized spacial score (nSPS) is 14.6. The molecule has 150 valence electrons. The first-order valence-corrected chi connectivity index (χ1v) is 9.61. The van der Waals surface area contributed by atoms with Gasteiger partial charge in [0, 0.05) is 49.9 Å². The molecule has 0 N–H and O–H groups in total. The lowest BCUT2D eigenvalue weighted by Gasteiger charge is -2.32. The number of hydrogen-bond donors (Lipinski definition) is 0. The average Bonchev–Trinajstić information content (AvgIpc) is 3.27. The molecule has 1 aliphatic rings. The van der Waals surface area contributed by atoms with E-state index in [1.54, 1.807) is 36.6 Å². The average molecular weight is 393 g/mol. The van der Waals surface area contributed by atoms with Gasteiger partial charge in [0.1, 0.15) is 23.7 Å². The summed E-state index contributed by atoms with van der Waals surface area (Å²) in [5.41, 5.74) is 0.828. The summed E-state index contributed by atoms with van der Waals surface area (Å²) in [6.07, 6.45) is 8.42. The molecule has 0 saturated carbocycles. The Morgan fingerprint density at radius 3 is 2.66 bits per heavy atom. The summed E-state index contributed by atoms with van der Waals surface area (Å²) < 4.78 is 12.9. The maximum atomic E-state index is 12.5. The maximum Gasteiger partial charge on any atom is 0.244 e. The van der Waals surface area contributed by atoms with E-state index >= 15 is 0 Å². The topological polar surface area (TPSA) is 82.4 Å². The summed E-state index contributed by atoms with van der Waals surface area (Å²) in [6.45, 7) is 1.63. The highest BCUT2D eigenvalue weighted by molar-refractivity contribution is 5.76. The summed E-state index contributed by atoms with van der Waals surface area (Å²) >= 11 is 0.